The highest BCUT2D eigenvalue weighted by molar-refractivity contribution is 5.67. The van der Waals surface area contributed by atoms with Crippen molar-refractivity contribution in [1.29, 1.82) is 0 Å². The maximum atomic E-state index is 13.2. The molecule has 0 bridgehead atoms. The molecule has 0 unspecified atom stereocenters. The SMILES string of the molecule is Cc1ccccc1CN(C)c1cc(F)ccc1N. The second-order valence-electron chi connectivity index (χ2n) is 4.49. The minimum absolute atomic E-state index is 0.268. The third kappa shape index (κ3) is 2.62. The summed E-state index contributed by atoms with van der Waals surface area (Å²) in [4.78, 5) is 1.96. The third-order valence-electron chi connectivity index (χ3n) is 3.07. The first-order valence-electron chi connectivity index (χ1n) is 5.88. The molecule has 18 heavy (non-hydrogen) atoms. The average molecular weight is 244 g/mol. The van der Waals surface area contributed by atoms with Gasteiger partial charge in [0.05, 0.1) is 11.4 Å². The molecule has 0 aliphatic rings. The van der Waals surface area contributed by atoms with Crippen molar-refractivity contribution in [1.82, 2.24) is 0 Å². The fourth-order valence-corrected chi connectivity index (χ4v) is 1.98. The molecule has 0 spiro atoms. The highest BCUT2D eigenvalue weighted by Gasteiger charge is 2.08. The molecule has 0 heterocycles. The molecule has 2 N–H and O–H groups in total. The summed E-state index contributed by atoms with van der Waals surface area (Å²) in [6.07, 6.45) is 0. The van der Waals surface area contributed by atoms with Crippen LogP contribution >= 0.6 is 0 Å². The predicted molar refractivity (Wildman–Crippen MR) is 74.1 cm³/mol. The van der Waals surface area contributed by atoms with Crippen molar-refractivity contribution in [3.8, 4) is 0 Å². The van der Waals surface area contributed by atoms with E-state index in [0.29, 0.717) is 12.2 Å². The minimum atomic E-state index is -0.268. The van der Waals surface area contributed by atoms with Crippen molar-refractivity contribution in [3.05, 3.63) is 59.4 Å². The molecule has 2 aromatic carbocycles. The third-order valence-corrected chi connectivity index (χ3v) is 3.07. The molecule has 0 atom stereocenters. The normalized spacial score (nSPS) is 10.4. The number of hydrogen-bond donors (Lipinski definition) is 1. The molecule has 0 saturated carbocycles. The first-order valence-corrected chi connectivity index (χ1v) is 5.88. The number of aryl methyl sites for hydroxylation is 1. The van der Waals surface area contributed by atoms with Crippen molar-refractivity contribution in [2.75, 3.05) is 17.7 Å². The topological polar surface area (TPSA) is 29.3 Å². The quantitative estimate of drug-likeness (QED) is 0.839. The summed E-state index contributed by atoms with van der Waals surface area (Å²) in [5.74, 6) is -0.268. The van der Waals surface area contributed by atoms with Gasteiger partial charge in [0, 0.05) is 13.6 Å². The smallest absolute Gasteiger partial charge is 0.125 e. The number of halogens is 1. The van der Waals surface area contributed by atoms with E-state index in [1.807, 2.05) is 24.1 Å². The van der Waals surface area contributed by atoms with Crippen LogP contribution in [0.2, 0.25) is 0 Å². The summed E-state index contributed by atoms with van der Waals surface area (Å²) in [5, 5.41) is 0. The number of rotatable bonds is 3. The molecule has 3 heteroatoms. The molecule has 2 nitrogen and oxygen atoms in total. The number of nitrogens with zero attached hydrogens (tertiary/aromatic N) is 1. The van der Waals surface area contributed by atoms with Crippen LogP contribution in [0.25, 0.3) is 0 Å². The van der Waals surface area contributed by atoms with E-state index in [1.54, 1.807) is 6.07 Å². The van der Waals surface area contributed by atoms with Gasteiger partial charge in [0.2, 0.25) is 0 Å². The lowest BCUT2D eigenvalue weighted by Gasteiger charge is -2.22. The Balaban J connectivity index is 2.25. The molecule has 0 radical (unpaired) electrons. The van der Waals surface area contributed by atoms with Gasteiger partial charge in [0.1, 0.15) is 5.82 Å². The van der Waals surface area contributed by atoms with Crippen LogP contribution in [0.1, 0.15) is 11.1 Å². The van der Waals surface area contributed by atoms with Gasteiger partial charge >= 0.3 is 0 Å². The second kappa shape index (κ2) is 5.08. The van der Waals surface area contributed by atoms with Crippen LogP contribution in [-0.4, -0.2) is 7.05 Å². The van der Waals surface area contributed by atoms with Gasteiger partial charge in [-0.2, -0.15) is 0 Å². The highest BCUT2D eigenvalue weighted by atomic mass is 19.1. The first kappa shape index (κ1) is 12.4. The molecule has 2 aromatic rings. The first-order chi connectivity index (χ1) is 8.58. The molecule has 0 aliphatic carbocycles. The Morgan fingerprint density at radius 2 is 1.89 bits per heavy atom. The van der Waals surface area contributed by atoms with Gasteiger partial charge in [-0.05, 0) is 36.2 Å². The molecular weight excluding hydrogens is 227 g/mol. The van der Waals surface area contributed by atoms with E-state index in [4.69, 9.17) is 5.73 Å². The molecule has 94 valence electrons. The summed E-state index contributed by atoms with van der Waals surface area (Å²) in [5.41, 5.74) is 9.62. The summed E-state index contributed by atoms with van der Waals surface area (Å²) >= 11 is 0. The van der Waals surface area contributed by atoms with Gasteiger partial charge in [-0.15, -0.1) is 0 Å². The number of benzene rings is 2. The fourth-order valence-electron chi connectivity index (χ4n) is 1.98. The van der Waals surface area contributed by atoms with Crippen LogP contribution in [0.4, 0.5) is 15.8 Å². The lowest BCUT2D eigenvalue weighted by Crippen LogP contribution is -2.18. The van der Waals surface area contributed by atoms with E-state index in [2.05, 4.69) is 19.1 Å². The Labute approximate surface area is 107 Å². The molecule has 0 saturated heterocycles. The Morgan fingerprint density at radius 3 is 2.61 bits per heavy atom. The molecule has 2 rings (SSSR count). The van der Waals surface area contributed by atoms with E-state index in [1.165, 1.54) is 23.3 Å². The van der Waals surface area contributed by atoms with E-state index < -0.39 is 0 Å². The van der Waals surface area contributed by atoms with Crippen LogP contribution < -0.4 is 10.6 Å². The zero-order valence-electron chi connectivity index (χ0n) is 10.7. The van der Waals surface area contributed by atoms with Crippen molar-refractivity contribution < 1.29 is 4.39 Å². The van der Waals surface area contributed by atoms with Gasteiger partial charge < -0.3 is 10.6 Å². The number of nitrogen functional groups attached to an aromatic ring is 1. The zero-order valence-corrected chi connectivity index (χ0v) is 10.7. The van der Waals surface area contributed by atoms with Crippen LogP contribution in [0, 0.1) is 12.7 Å². The highest BCUT2D eigenvalue weighted by Crippen LogP contribution is 2.24. The Kier molecular flexibility index (Phi) is 3.51. The fraction of sp³-hybridized carbons (Fsp3) is 0.200. The van der Waals surface area contributed by atoms with Crippen LogP contribution in [0.15, 0.2) is 42.5 Å². The van der Waals surface area contributed by atoms with Gasteiger partial charge in [-0.25, -0.2) is 4.39 Å². The van der Waals surface area contributed by atoms with Gasteiger partial charge in [-0.1, -0.05) is 24.3 Å². The van der Waals surface area contributed by atoms with Gasteiger partial charge in [0.25, 0.3) is 0 Å². The second-order valence-corrected chi connectivity index (χ2v) is 4.49. The molecule has 0 fully saturated rings. The van der Waals surface area contributed by atoms with Crippen molar-refractivity contribution in [2.45, 2.75) is 13.5 Å². The van der Waals surface area contributed by atoms with Crippen molar-refractivity contribution in [2.24, 2.45) is 0 Å². The number of nitrogens with two attached hydrogens (primary N) is 1. The molecular formula is C15H17FN2. The predicted octanol–water partition coefficient (Wildman–Crippen LogP) is 3.35. The van der Waals surface area contributed by atoms with E-state index in [0.717, 1.165) is 5.69 Å². The summed E-state index contributed by atoms with van der Waals surface area (Å²) < 4.78 is 13.2. The van der Waals surface area contributed by atoms with Crippen LogP contribution in [0.3, 0.4) is 0 Å². The summed E-state index contributed by atoms with van der Waals surface area (Å²) in [6.45, 7) is 2.78. The van der Waals surface area contributed by atoms with Crippen molar-refractivity contribution >= 4 is 11.4 Å². The molecule has 0 amide bonds. The lowest BCUT2D eigenvalue weighted by atomic mass is 10.1. The van der Waals surface area contributed by atoms with E-state index >= 15 is 0 Å². The van der Waals surface area contributed by atoms with Crippen LogP contribution in [0.5, 0.6) is 0 Å². The average Bonchev–Trinajstić information content (AvgIpc) is 2.35. The monoisotopic (exact) mass is 244 g/mol. The Hall–Kier alpha value is -2.03. The zero-order chi connectivity index (χ0) is 13.1. The maximum Gasteiger partial charge on any atom is 0.125 e. The Bertz CT molecular complexity index is 552. The minimum Gasteiger partial charge on any atom is -0.397 e. The molecule has 0 aliphatic heterocycles. The largest absolute Gasteiger partial charge is 0.397 e. The molecule has 0 aromatic heterocycles. The number of hydrogen-bond acceptors (Lipinski definition) is 2. The standard InChI is InChI=1S/C15H17FN2/c1-11-5-3-4-6-12(11)10-18(2)15-9-13(16)7-8-14(15)17/h3-9H,10,17H2,1-2H3. The van der Waals surface area contributed by atoms with Crippen LogP contribution in [-0.2, 0) is 6.54 Å². The Morgan fingerprint density at radius 1 is 1.17 bits per heavy atom. The van der Waals surface area contributed by atoms with E-state index in [9.17, 15) is 4.39 Å². The van der Waals surface area contributed by atoms with Gasteiger partial charge in [-0.3, -0.25) is 0 Å². The lowest BCUT2D eigenvalue weighted by molar-refractivity contribution is 0.627. The summed E-state index contributed by atoms with van der Waals surface area (Å²) in [6, 6.07) is 12.6. The maximum absolute atomic E-state index is 13.2. The number of anilines is 2. The van der Waals surface area contributed by atoms with Gasteiger partial charge in [0.15, 0.2) is 0 Å². The van der Waals surface area contributed by atoms with E-state index in [-0.39, 0.29) is 5.82 Å². The summed E-state index contributed by atoms with van der Waals surface area (Å²) in [7, 11) is 1.91. The van der Waals surface area contributed by atoms with Crippen molar-refractivity contribution in [3.63, 3.8) is 0 Å².